The zero-order valence-corrected chi connectivity index (χ0v) is 10.8. The Morgan fingerprint density at radius 1 is 1.62 bits per heavy atom. The number of halogens is 1. The minimum atomic E-state index is 0.343. The predicted molar refractivity (Wildman–Crippen MR) is 67.8 cm³/mol. The Morgan fingerprint density at radius 2 is 2.44 bits per heavy atom. The van der Waals surface area contributed by atoms with Gasteiger partial charge >= 0.3 is 0 Å². The fraction of sp³-hybridized carbons (Fsp3) is 0.364. The lowest BCUT2D eigenvalue weighted by Gasteiger charge is -2.11. The van der Waals surface area contributed by atoms with Crippen LogP contribution in [0.3, 0.4) is 0 Å². The van der Waals surface area contributed by atoms with E-state index in [1.165, 1.54) is 4.88 Å². The molecule has 0 saturated heterocycles. The fourth-order valence-electron chi connectivity index (χ4n) is 1.47. The summed E-state index contributed by atoms with van der Waals surface area (Å²) in [5.41, 5.74) is 0. The van der Waals surface area contributed by atoms with Gasteiger partial charge < -0.3 is 9.88 Å². The molecular weight excluding hydrogens is 242 g/mol. The molecule has 0 saturated carbocycles. The van der Waals surface area contributed by atoms with Crippen molar-refractivity contribution in [1.82, 2.24) is 14.9 Å². The van der Waals surface area contributed by atoms with E-state index in [1.54, 1.807) is 17.5 Å². The average molecular weight is 256 g/mol. The van der Waals surface area contributed by atoms with Crippen LogP contribution in [-0.2, 0) is 13.6 Å². The van der Waals surface area contributed by atoms with Gasteiger partial charge in [0.2, 0.25) is 0 Å². The molecule has 1 N–H and O–H groups in total. The molecule has 0 aliphatic heterocycles. The number of aromatic nitrogens is 2. The maximum absolute atomic E-state index is 5.92. The van der Waals surface area contributed by atoms with Crippen molar-refractivity contribution < 1.29 is 0 Å². The van der Waals surface area contributed by atoms with Crippen molar-refractivity contribution in [3.63, 3.8) is 0 Å². The molecule has 16 heavy (non-hydrogen) atoms. The van der Waals surface area contributed by atoms with Crippen molar-refractivity contribution in [3.8, 4) is 0 Å². The lowest BCUT2D eigenvalue weighted by atomic mass is 10.3. The molecule has 0 bridgehead atoms. The smallest absolute Gasteiger partial charge is 0.128 e. The predicted octanol–water partition coefficient (Wildman–Crippen LogP) is 2.99. The highest BCUT2D eigenvalue weighted by Crippen LogP contribution is 2.18. The summed E-state index contributed by atoms with van der Waals surface area (Å²) >= 11 is 7.68. The van der Waals surface area contributed by atoms with Gasteiger partial charge in [-0.1, -0.05) is 17.7 Å². The Morgan fingerprint density at radius 3 is 3.00 bits per heavy atom. The van der Waals surface area contributed by atoms with Gasteiger partial charge in [-0.3, -0.25) is 0 Å². The Balaban J connectivity index is 1.95. The second-order valence-electron chi connectivity index (χ2n) is 3.67. The van der Waals surface area contributed by atoms with Gasteiger partial charge in [0, 0.05) is 18.0 Å². The third-order valence-corrected chi connectivity index (χ3v) is 3.97. The van der Waals surface area contributed by atoms with Crippen molar-refractivity contribution in [2.45, 2.75) is 19.5 Å². The molecule has 0 fully saturated rings. The van der Waals surface area contributed by atoms with E-state index in [2.05, 4.69) is 34.7 Å². The quantitative estimate of drug-likeness (QED) is 0.910. The minimum absolute atomic E-state index is 0.343. The van der Waals surface area contributed by atoms with Gasteiger partial charge in [-0.25, -0.2) is 4.98 Å². The van der Waals surface area contributed by atoms with Crippen LogP contribution < -0.4 is 5.32 Å². The third kappa shape index (κ3) is 2.45. The van der Waals surface area contributed by atoms with Gasteiger partial charge in [-0.15, -0.1) is 11.3 Å². The zero-order chi connectivity index (χ0) is 11.5. The van der Waals surface area contributed by atoms with Gasteiger partial charge in [0.15, 0.2) is 0 Å². The molecule has 5 heteroatoms. The fourth-order valence-corrected chi connectivity index (χ4v) is 2.38. The number of hydrogen-bond acceptors (Lipinski definition) is 3. The SMILES string of the molecule is CC(NCc1ncc(Cl)n1C)c1cccs1. The standard InChI is InChI=1S/C11H14ClN3S/c1-8(9-4-3-5-16-9)13-7-11-14-6-10(12)15(11)2/h3-6,8,13H,7H2,1-2H3. The van der Waals surface area contributed by atoms with Crippen molar-refractivity contribution in [2.75, 3.05) is 0 Å². The third-order valence-electron chi connectivity index (χ3n) is 2.56. The van der Waals surface area contributed by atoms with Crippen LogP contribution in [0.1, 0.15) is 23.7 Å². The van der Waals surface area contributed by atoms with E-state index in [0.717, 1.165) is 12.4 Å². The number of thiophene rings is 1. The summed E-state index contributed by atoms with van der Waals surface area (Å²) in [6, 6.07) is 4.54. The molecule has 0 aliphatic carbocycles. The number of rotatable bonds is 4. The van der Waals surface area contributed by atoms with Crippen LogP contribution in [0.25, 0.3) is 0 Å². The molecule has 2 aromatic rings. The Kier molecular flexibility index (Phi) is 3.63. The highest BCUT2D eigenvalue weighted by Gasteiger charge is 2.08. The summed E-state index contributed by atoms with van der Waals surface area (Å²) in [7, 11) is 1.92. The summed E-state index contributed by atoms with van der Waals surface area (Å²) < 4.78 is 1.88. The van der Waals surface area contributed by atoms with Crippen molar-refractivity contribution in [3.05, 3.63) is 39.6 Å². The summed E-state index contributed by atoms with van der Waals surface area (Å²) in [5.74, 6) is 0.952. The highest BCUT2D eigenvalue weighted by atomic mass is 35.5. The van der Waals surface area contributed by atoms with Crippen LogP contribution in [0.4, 0.5) is 0 Å². The highest BCUT2D eigenvalue weighted by molar-refractivity contribution is 7.10. The van der Waals surface area contributed by atoms with Crippen LogP contribution in [0, 0.1) is 0 Å². The first kappa shape index (κ1) is 11.6. The van der Waals surface area contributed by atoms with E-state index >= 15 is 0 Å². The minimum Gasteiger partial charge on any atom is -0.321 e. The van der Waals surface area contributed by atoms with Crippen LogP contribution in [0.5, 0.6) is 0 Å². The van der Waals surface area contributed by atoms with Crippen LogP contribution in [0.2, 0.25) is 5.15 Å². The molecule has 86 valence electrons. The molecule has 0 amide bonds. The second-order valence-corrected chi connectivity index (χ2v) is 5.04. The number of nitrogens with one attached hydrogen (secondary N) is 1. The maximum Gasteiger partial charge on any atom is 0.128 e. The van der Waals surface area contributed by atoms with E-state index in [0.29, 0.717) is 11.2 Å². The first-order chi connectivity index (χ1) is 7.68. The molecular formula is C11H14ClN3S. The van der Waals surface area contributed by atoms with Crippen molar-refractivity contribution >= 4 is 22.9 Å². The van der Waals surface area contributed by atoms with Gasteiger partial charge in [-0.05, 0) is 18.4 Å². The molecule has 3 nitrogen and oxygen atoms in total. The van der Waals surface area contributed by atoms with E-state index in [9.17, 15) is 0 Å². The van der Waals surface area contributed by atoms with Crippen molar-refractivity contribution in [1.29, 1.82) is 0 Å². The van der Waals surface area contributed by atoms with Gasteiger partial charge in [-0.2, -0.15) is 0 Å². The van der Waals surface area contributed by atoms with Crippen LogP contribution >= 0.6 is 22.9 Å². The molecule has 0 spiro atoms. The molecule has 0 aromatic carbocycles. The van der Waals surface area contributed by atoms with Crippen LogP contribution in [0.15, 0.2) is 23.7 Å². The topological polar surface area (TPSA) is 29.9 Å². The van der Waals surface area contributed by atoms with E-state index < -0.39 is 0 Å². The molecule has 1 atom stereocenters. The Bertz CT molecular complexity index is 450. The monoisotopic (exact) mass is 255 g/mol. The summed E-state index contributed by atoms with van der Waals surface area (Å²) in [4.78, 5) is 5.57. The summed E-state index contributed by atoms with van der Waals surface area (Å²) in [6.07, 6.45) is 1.67. The van der Waals surface area contributed by atoms with Gasteiger partial charge in [0.25, 0.3) is 0 Å². The first-order valence-corrected chi connectivity index (χ1v) is 6.37. The number of nitrogens with zero attached hydrogens (tertiary/aromatic N) is 2. The first-order valence-electron chi connectivity index (χ1n) is 5.11. The molecule has 2 rings (SSSR count). The molecule has 0 aliphatic rings. The lowest BCUT2D eigenvalue weighted by molar-refractivity contribution is 0.556. The van der Waals surface area contributed by atoms with Gasteiger partial charge in [0.05, 0.1) is 12.7 Å². The normalized spacial score (nSPS) is 12.9. The second kappa shape index (κ2) is 4.99. The molecule has 2 aromatic heterocycles. The Labute approximate surface area is 104 Å². The lowest BCUT2D eigenvalue weighted by Crippen LogP contribution is -2.19. The van der Waals surface area contributed by atoms with E-state index in [1.807, 2.05) is 11.6 Å². The Hall–Kier alpha value is -0.840. The number of imidazole rings is 1. The average Bonchev–Trinajstić information content (AvgIpc) is 2.89. The number of hydrogen-bond donors (Lipinski definition) is 1. The zero-order valence-electron chi connectivity index (χ0n) is 9.27. The summed E-state index contributed by atoms with van der Waals surface area (Å²) in [5, 5.41) is 6.18. The maximum atomic E-state index is 5.92. The van der Waals surface area contributed by atoms with Crippen LogP contribution in [-0.4, -0.2) is 9.55 Å². The van der Waals surface area contributed by atoms with Gasteiger partial charge in [0.1, 0.15) is 11.0 Å². The largest absolute Gasteiger partial charge is 0.321 e. The molecule has 2 heterocycles. The van der Waals surface area contributed by atoms with E-state index in [4.69, 9.17) is 11.6 Å². The molecule has 1 unspecified atom stereocenters. The van der Waals surface area contributed by atoms with E-state index in [-0.39, 0.29) is 0 Å². The summed E-state index contributed by atoms with van der Waals surface area (Å²) in [6.45, 7) is 2.87. The molecule has 0 radical (unpaired) electrons. The van der Waals surface area contributed by atoms with Crippen molar-refractivity contribution in [2.24, 2.45) is 7.05 Å².